The van der Waals surface area contributed by atoms with E-state index in [4.69, 9.17) is 4.42 Å². The number of para-hydroxylation sites is 1. The lowest BCUT2D eigenvalue weighted by atomic mass is 9.88. The number of anilines is 1. The second-order valence-electron chi connectivity index (χ2n) is 7.98. The van der Waals surface area contributed by atoms with Gasteiger partial charge in [-0.2, -0.15) is 0 Å². The van der Waals surface area contributed by atoms with Crippen molar-refractivity contribution in [3.8, 4) is 0 Å². The molecule has 1 atom stereocenters. The Kier molecular flexibility index (Phi) is 5.23. The quantitative estimate of drug-likeness (QED) is 0.318. The van der Waals surface area contributed by atoms with Crippen LogP contribution in [-0.4, -0.2) is 16.8 Å². The van der Waals surface area contributed by atoms with Crippen molar-refractivity contribution in [2.24, 2.45) is 0 Å². The third-order valence-electron chi connectivity index (χ3n) is 5.84. The minimum Gasteiger partial charge on any atom is -0.422 e. The van der Waals surface area contributed by atoms with Crippen molar-refractivity contribution in [1.82, 2.24) is 0 Å². The first-order chi connectivity index (χ1) is 15.9. The Morgan fingerprint density at radius 2 is 1.70 bits per heavy atom. The van der Waals surface area contributed by atoms with Crippen LogP contribution in [-0.2, 0) is 16.9 Å². The highest BCUT2D eigenvalue weighted by molar-refractivity contribution is 9.10. The molecule has 2 heterocycles. The van der Waals surface area contributed by atoms with E-state index in [0.717, 1.165) is 5.56 Å². The first-order valence-electron chi connectivity index (χ1n) is 10.3. The Balaban J connectivity index is 1.54. The lowest BCUT2D eigenvalue weighted by molar-refractivity contribution is -0.136. The molecule has 164 valence electrons. The lowest BCUT2D eigenvalue weighted by Gasteiger charge is -2.22. The van der Waals surface area contributed by atoms with Crippen molar-refractivity contribution in [3.63, 3.8) is 0 Å². The lowest BCUT2D eigenvalue weighted by Crippen LogP contribution is -2.42. The number of halogens is 1. The number of ketones is 1. The molecule has 1 amide bonds. The summed E-state index contributed by atoms with van der Waals surface area (Å²) < 4.78 is 5.92. The molecular formula is C26H18BrNO5. The third-order valence-corrected chi connectivity index (χ3v) is 6.33. The summed E-state index contributed by atoms with van der Waals surface area (Å²) in [5.74, 6) is -1.28. The van der Waals surface area contributed by atoms with Crippen LogP contribution >= 0.6 is 15.9 Å². The first kappa shape index (κ1) is 21.3. The molecule has 0 bridgehead atoms. The Morgan fingerprint density at radius 3 is 2.48 bits per heavy atom. The molecule has 1 unspecified atom stereocenters. The number of aliphatic hydroxyl groups is 1. The molecule has 4 aromatic rings. The van der Waals surface area contributed by atoms with Crippen LogP contribution in [0.25, 0.3) is 11.0 Å². The Labute approximate surface area is 197 Å². The van der Waals surface area contributed by atoms with Gasteiger partial charge in [-0.1, -0.05) is 64.5 Å². The van der Waals surface area contributed by atoms with Crippen molar-refractivity contribution >= 4 is 44.3 Å². The van der Waals surface area contributed by atoms with Crippen LogP contribution < -0.4 is 10.5 Å². The molecule has 5 rings (SSSR count). The van der Waals surface area contributed by atoms with Gasteiger partial charge >= 0.3 is 5.63 Å². The van der Waals surface area contributed by atoms with E-state index in [2.05, 4.69) is 15.9 Å². The number of carbonyl (C=O) groups is 2. The molecule has 7 heteroatoms. The normalized spacial score (nSPS) is 17.4. The molecule has 0 saturated carbocycles. The van der Waals surface area contributed by atoms with Crippen molar-refractivity contribution in [3.05, 3.63) is 110 Å². The molecule has 0 aliphatic carbocycles. The average molecular weight is 504 g/mol. The zero-order chi connectivity index (χ0) is 23.2. The van der Waals surface area contributed by atoms with E-state index in [9.17, 15) is 19.5 Å². The molecular weight excluding hydrogens is 486 g/mol. The number of fused-ring (bicyclic) bond motifs is 2. The summed E-state index contributed by atoms with van der Waals surface area (Å²) in [5, 5.41) is 12.1. The number of rotatable bonds is 5. The fraction of sp³-hybridized carbons (Fsp3) is 0.115. The fourth-order valence-corrected chi connectivity index (χ4v) is 4.56. The smallest absolute Gasteiger partial charge is 0.347 e. The number of amides is 1. The Hall–Kier alpha value is -3.55. The minimum absolute atomic E-state index is 0.201. The summed E-state index contributed by atoms with van der Waals surface area (Å²) in [4.78, 5) is 40.6. The third kappa shape index (κ3) is 3.69. The zero-order valence-corrected chi connectivity index (χ0v) is 18.9. The molecule has 0 fully saturated rings. The standard InChI is InChI=1S/C26H18BrNO5/c27-18-10-11-21-20(13-18)26(32,25(31)28(21)15-16-6-2-1-3-7-16)14-22(29)19-12-17-8-4-5-9-23(17)33-24(19)30/h1-13,32H,14-15H2. The number of Topliss-reactive ketones (excluding diaryl/α,β-unsaturated/α-hetero) is 1. The first-order valence-corrected chi connectivity index (χ1v) is 11.1. The number of benzene rings is 3. The van der Waals surface area contributed by atoms with Crippen molar-refractivity contribution in [2.45, 2.75) is 18.6 Å². The second kappa shape index (κ2) is 8.10. The molecule has 0 spiro atoms. The molecule has 1 aliphatic heterocycles. The summed E-state index contributed by atoms with van der Waals surface area (Å²) in [6.45, 7) is 0.239. The predicted molar refractivity (Wildman–Crippen MR) is 127 cm³/mol. The summed E-state index contributed by atoms with van der Waals surface area (Å²) in [6, 6.07) is 22.8. The van der Waals surface area contributed by atoms with Crippen LogP contribution in [0.3, 0.4) is 0 Å². The molecule has 1 aliphatic rings. The van der Waals surface area contributed by atoms with Gasteiger partial charge in [0.05, 0.1) is 18.7 Å². The molecule has 0 radical (unpaired) electrons. The summed E-state index contributed by atoms with van der Waals surface area (Å²) in [7, 11) is 0. The van der Waals surface area contributed by atoms with Crippen LogP contribution in [0.2, 0.25) is 0 Å². The van der Waals surface area contributed by atoms with Gasteiger partial charge < -0.3 is 14.4 Å². The summed E-state index contributed by atoms with van der Waals surface area (Å²) in [6.07, 6.45) is -0.580. The van der Waals surface area contributed by atoms with E-state index in [1.165, 1.54) is 11.0 Å². The van der Waals surface area contributed by atoms with Crippen molar-refractivity contribution in [1.29, 1.82) is 0 Å². The molecule has 33 heavy (non-hydrogen) atoms. The summed E-state index contributed by atoms with van der Waals surface area (Å²) in [5.41, 5.74) is -1.03. The van der Waals surface area contributed by atoms with Gasteiger partial charge in [0.25, 0.3) is 5.91 Å². The van der Waals surface area contributed by atoms with Gasteiger partial charge in [0.15, 0.2) is 11.4 Å². The monoisotopic (exact) mass is 503 g/mol. The Morgan fingerprint density at radius 1 is 0.970 bits per heavy atom. The van der Waals surface area contributed by atoms with E-state index in [-0.39, 0.29) is 12.1 Å². The number of carbonyl (C=O) groups excluding carboxylic acids is 2. The van der Waals surface area contributed by atoms with Gasteiger partial charge in [-0.25, -0.2) is 4.79 Å². The SMILES string of the molecule is O=C(CC1(O)C(=O)N(Cc2ccccc2)c2ccc(Br)cc21)c1cc2ccccc2oc1=O. The number of hydrogen-bond acceptors (Lipinski definition) is 5. The molecule has 1 N–H and O–H groups in total. The van der Waals surface area contributed by atoms with Gasteiger partial charge in [-0.15, -0.1) is 0 Å². The highest BCUT2D eigenvalue weighted by atomic mass is 79.9. The number of hydrogen-bond donors (Lipinski definition) is 1. The average Bonchev–Trinajstić information content (AvgIpc) is 3.00. The maximum atomic E-state index is 13.5. The van der Waals surface area contributed by atoms with E-state index >= 15 is 0 Å². The largest absolute Gasteiger partial charge is 0.422 e. The highest BCUT2D eigenvalue weighted by Crippen LogP contribution is 2.44. The summed E-state index contributed by atoms with van der Waals surface area (Å²) >= 11 is 3.38. The van der Waals surface area contributed by atoms with Gasteiger partial charge in [0.2, 0.25) is 0 Å². The van der Waals surface area contributed by atoms with E-state index < -0.39 is 29.3 Å². The minimum atomic E-state index is -2.11. The molecule has 6 nitrogen and oxygen atoms in total. The molecule has 3 aromatic carbocycles. The predicted octanol–water partition coefficient (Wildman–Crippen LogP) is 4.56. The maximum Gasteiger partial charge on any atom is 0.347 e. The van der Waals surface area contributed by atoms with Crippen molar-refractivity contribution < 1.29 is 19.1 Å². The Bertz CT molecular complexity index is 1460. The van der Waals surface area contributed by atoms with Gasteiger partial charge in [-0.3, -0.25) is 9.59 Å². The van der Waals surface area contributed by atoms with E-state index in [1.807, 2.05) is 30.3 Å². The second-order valence-corrected chi connectivity index (χ2v) is 8.90. The van der Waals surface area contributed by atoms with Crippen molar-refractivity contribution in [2.75, 3.05) is 4.90 Å². The van der Waals surface area contributed by atoms with Crippen LogP contribution in [0.5, 0.6) is 0 Å². The van der Waals surface area contributed by atoms with Gasteiger partial charge in [0.1, 0.15) is 11.1 Å². The van der Waals surface area contributed by atoms with E-state index in [0.29, 0.717) is 26.7 Å². The maximum absolute atomic E-state index is 13.5. The van der Waals surface area contributed by atoms with Crippen LogP contribution in [0.4, 0.5) is 5.69 Å². The molecule has 0 saturated heterocycles. The topological polar surface area (TPSA) is 87.8 Å². The van der Waals surface area contributed by atoms with Gasteiger partial charge in [0, 0.05) is 15.4 Å². The number of nitrogens with zero attached hydrogens (tertiary/aromatic N) is 1. The van der Waals surface area contributed by atoms with Crippen LogP contribution in [0.1, 0.15) is 27.9 Å². The van der Waals surface area contributed by atoms with Crippen LogP contribution in [0.15, 0.2) is 92.5 Å². The molecule has 1 aromatic heterocycles. The van der Waals surface area contributed by atoms with Crippen LogP contribution in [0, 0.1) is 0 Å². The fourth-order valence-electron chi connectivity index (χ4n) is 4.20. The van der Waals surface area contributed by atoms with Gasteiger partial charge in [-0.05, 0) is 35.9 Å². The van der Waals surface area contributed by atoms with E-state index in [1.54, 1.807) is 42.5 Å². The zero-order valence-electron chi connectivity index (χ0n) is 17.3. The highest BCUT2D eigenvalue weighted by Gasteiger charge is 2.51.